The van der Waals surface area contributed by atoms with Crippen LogP contribution in [0.2, 0.25) is 10.0 Å². The molecule has 0 unspecified atom stereocenters. The van der Waals surface area contributed by atoms with Gasteiger partial charge in [-0.2, -0.15) is 9.78 Å². The maximum atomic E-state index is 11.9. The molecule has 0 atom stereocenters. The molecule has 19 heavy (non-hydrogen) atoms. The molecule has 0 radical (unpaired) electrons. The molecule has 0 bridgehead atoms. The predicted octanol–water partition coefficient (Wildman–Crippen LogP) is 3.33. The molecule has 0 aliphatic carbocycles. The van der Waals surface area contributed by atoms with Crippen molar-refractivity contribution in [1.82, 2.24) is 9.78 Å². The van der Waals surface area contributed by atoms with Crippen molar-refractivity contribution in [3.05, 3.63) is 50.9 Å². The molecule has 2 aromatic rings. The van der Waals surface area contributed by atoms with Gasteiger partial charge < -0.3 is 4.74 Å². The van der Waals surface area contributed by atoms with Gasteiger partial charge in [0.25, 0.3) is 5.56 Å². The molecule has 0 aliphatic heterocycles. The van der Waals surface area contributed by atoms with Crippen LogP contribution in [-0.2, 0) is 0 Å². The van der Waals surface area contributed by atoms with Gasteiger partial charge in [-0.3, -0.25) is 4.79 Å². The lowest BCUT2D eigenvalue weighted by atomic mass is 10.3. The standard InChI is InChI=1S/C13H12Cl2N2O2/c1-8(2)19-10-5-3-9(4-6-10)17-13(18)12(15)11(14)7-16-17/h3-8H,1-2H3. The monoisotopic (exact) mass is 298 g/mol. The third-order valence-corrected chi connectivity index (χ3v) is 3.08. The van der Waals surface area contributed by atoms with E-state index in [2.05, 4.69) is 5.10 Å². The van der Waals surface area contributed by atoms with Gasteiger partial charge in [-0.05, 0) is 38.1 Å². The number of hydrogen-bond donors (Lipinski definition) is 0. The second kappa shape index (κ2) is 5.63. The zero-order valence-corrected chi connectivity index (χ0v) is 11.9. The first-order valence-electron chi connectivity index (χ1n) is 5.69. The van der Waals surface area contributed by atoms with Crippen LogP contribution in [0.4, 0.5) is 0 Å². The molecule has 4 nitrogen and oxygen atoms in total. The minimum absolute atomic E-state index is 0.0424. The molecular weight excluding hydrogens is 287 g/mol. The molecule has 0 aliphatic rings. The zero-order valence-electron chi connectivity index (χ0n) is 10.4. The van der Waals surface area contributed by atoms with Crippen LogP contribution >= 0.6 is 23.2 Å². The number of rotatable bonds is 3. The molecule has 0 N–H and O–H groups in total. The zero-order chi connectivity index (χ0) is 14.0. The highest BCUT2D eigenvalue weighted by molar-refractivity contribution is 6.41. The summed E-state index contributed by atoms with van der Waals surface area (Å²) in [5.74, 6) is 0.729. The van der Waals surface area contributed by atoms with E-state index in [1.165, 1.54) is 10.9 Å². The fraction of sp³-hybridized carbons (Fsp3) is 0.231. The summed E-state index contributed by atoms with van der Waals surface area (Å²) in [5.41, 5.74) is 0.145. The van der Waals surface area contributed by atoms with Gasteiger partial charge in [-0.15, -0.1) is 0 Å². The maximum absolute atomic E-state index is 11.9. The third kappa shape index (κ3) is 3.08. The van der Waals surface area contributed by atoms with E-state index in [1.807, 2.05) is 13.8 Å². The van der Waals surface area contributed by atoms with Gasteiger partial charge >= 0.3 is 0 Å². The summed E-state index contributed by atoms with van der Waals surface area (Å²) in [6.45, 7) is 3.89. The number of halogens is 2. The average molecular weight is 299 g/mol. The minimum atomic E-state index is -0.452. The molecule has 0 saturated heterocycles. The van der Waals surface area contributed by atoms with E-state index < -0.39 is 5.56 Å². The lowest BCUT2D eigenvalue weighted by Gasteiger charge is -2.10. The van der Waals surface area contributed by atoms with Gasteiger partial charge in [-0.1, -0.05) is 23.2 Å². The van der Waals surface area contributed by atoms with Crippen LogP contribution in [0.25, 0.3) is 5.69 Å². The normalized spacial score (nSPS) is 10.8. The van der Waals surface area contributed by atoms with Gasteiger partial charge in [-0.25, -0.2) is 0 Å². The molecule has 1 aromatic heterocycles. The van der Waals surface area contributed by atoms with Crippen molar-refractivity contribution in [1.29, 1.82) is 0 Å². The summed E-state index contributed by atoms with van der Waals surface area (Å²) >= 11 is 11.5. The highest BCUT2D eigenvalue weighted by Crippen LogP contribution is 2.18. The fourth-order valence-corrected chi connectivity index (χ4v) is 1.79. The molecule has 0 amide bonds. The topological polar surface area (TPSA) is 44.1 Å². The van der Waals surface area contributed by atoms with Crippen molar-refractivity contribution in [2.75, 3.05) is 0 Å². The number of ether oxygens (including phenoxy) is 1. The van der Waals surface area contributed by atoms with E-state index in [0.717, 1.165) is 5.75 Å². The molecule has 1 heterocycles. The molecular formula is C13H12Cl2N2O2. The van der Waals surface area contributed by atoms with Crippen molar-refractivity contribution in [3.63, 3.8) is 0 Å². The van der Waals surface area contributed by atoms with E-state index in [-0.39, 0.29) is 16.1 Å². The summed E-state index contributed by atoms with van der Waals surface area (Å²) in [7, 11) is 0. The van der Waals surface area contributed by atoms with E-state index in [1.54, 1.807) is 24.3 Å². The molecule has 2 rings (SSSR count). The Morgan fingerprint density at radius 2 is 1.84 bits per heavy atom. The van der Waals surface area contributed by atoms with Gasteiger partial charge in [0.05, 0.1) is 23.0 Å². The Balaban J connectivity index is 2.38. The number of aromatic nitrogens is 2. The van der Waals surface area contributed by atoms with Crippen LogP contribution in [-0.4, -0.2) is 15.9 Å². The molecule has 6 heteroatoms. The van der Waals surface area contributed by atoms with E-state index in [9.17, 15) is 4.79 Å². The second-order valence-electron chi connectivity index (χ2n) is 4.18. The largest absolute Gasteiger partial charge is 0.491 e. The Bertz CT molecular complexity index is 636. The van der Waals surface area contributed by atoms with Crippen molar-refractivity contribution in [2.24, 2.45) is 0 Å². The SMILES string of the molecule is CC(C)Oc1ccc(-n2ncc(Cl)c(Cl)c2=O)cc1. The smallest absolute Gasteiger partial charge is 0.291 e. The quantitative estimate of drug-likeness (QED) is 0.873. The predicted molar refractivity (Wildman–Crippen MR) is 75.6 cm³/mol. The summed E-state index contributed by atoms with van der Waals surface area (Å²) in [6, 6.07) is 7.00. The highest BCUT2D eigenvalue weighted by atomic mass is 35.5. The summed E-state index contributed by atoms with van der Waals surface area (Å²) in [4.78, 5) is 11.9. The highest BCUT2D eigenvalue weighted by Gasteiger charge is 2.09. The lowest BCUT2D eigenvalue weighted by Crippen LogP contribution is -2.21. The number of benzene rings is 1. The van der Waals surface area contributed by atoms with E-state index in [4.69, 9.17) is 27.9 Å². The van der Waals surface area contributed by atoms with Gasteiger partial charge in [0.15, 0.2) is 0 Å². The summed E-state index contributed by atoms with van der Waals surface area (Å²) in [5, 5.41) is 4.05. The first-order chi connectivity index (χ1) is 8.99. The van der Waals surface area contributed by atoms with Crippen LogP contribution in [0.5, 0.6) is 5.75 Å². The Morgan fingerprint density at radius 1 is 1.21 bits per heavy atom. The summed E-state index contributed by atoms with van der Waals surface area (Å²) < 4.78 is 6.71. The van der Waals surface area contributed by atoms with Crippen molar-refractivity contribution in [2.45, 2.75) is 20.0 Å². The minimum Gasteiger partial charge on any atom is -0.491 e. The van der Waals surface area contributed by atoms with E-state index >= 15 is 0 Å². The fourth-order valence-electron chi connectivity index (χ4n) is 1.53. The second-order valence-corrected chi connectivity index (χ2v) is 4.97. The lowest BCUT2D eigenvalue weighted by molar-refractivity contribution is 0.242. The van der Waals surface area contributed by atoms with Gasteiger partial charge in [0.2, 0.25) is 0 Å². The number of hydrogen-bond acceptors (Lipinski definition) is 3. The van der Waals surface area contributed by atoms with Crippen molar-refractivity contribution >= 4 is 23.2 Å². The van der Waals surface area contributed by atoms with Crippen LogP contribution in [0, 0.1) is 0 Å². The van der Waals surface area contributed by atoms with Crippen molar-refractivity contribution in [3.8, 4) is 11.4 Å². The van der Waals surface area contributed by atoms with Crippen molar-refractivity contribution < 1.29 is 4.74 Å². The molecule has 0 spiro atoms. The van der Waals surface area contributed by atoms with Crippen LogP contribution in [0.3, 0.4) is 0 Å². The summed E-state index contributed by atoms with van der Waals surface area (Å²) in [6.07, 6.45) is 1.43. The first kappa shape index (κ1) is 13.9. The Hall–Kier alpha value is -1.52. The first-order valence-corrected chi connectivity index (χ1v) is 6.45. The Kier molecular flexibility index (Phi) is 4.12. The Morgan fingerprint density at radius 3 is 2.42 bits per heavy atom. The molecule has 0 saturated carbocycles. The molecule has 100 valence electrons. The number of nitrogens with zero attached hydrogens (tertiary/aromatic N) is 2. The van der Waals surface area contributed by atoms with Gasteiger partial charge in [0, 0.05) is 0 Å². The average Bonchev–Trinajstić information content (AvgIpc) is 2.37. The third-order valence-electron chi connectivity index (χ3n) is 2.33. The Labute approximate surface area is 120 Å². The molecule has 1 aromatic carbocycles. The maximum Gasteiger partial charge on any atom is 0.291 e. The van der Waals surface area contributed by atoms with Crippen LogP contribution < -0.4 is 10.3 Å². The van der Waals surface area contributed by atoms with Gasteiger partial charge in [0.1, 0.15) is 10.8 Å². The van der Waals surface area contributed by atoms with Crippen LogP contribution in [0.1, 0.15) is 13.8 Å². The molecule has 0 fully saturated rings. The van der Waals surface area contributed by atoms with Crippen LogP contribution in [0.15, 0.2) is 35.3 Å². The van der Waals surface area contributed by atoms with E-state index in [0.29, 0.717) is 5.69 Å².